The number of ether oxygens (including phenoxy) is 2. The maximum atomic E-state index is 14.5. The van der Waals surface area contributed by atoms with Gasteiger partial charge in [-0.15, -0.1) is 0 Å². The monoisotopic (exact) mass is 565 g/mol. The van der Waals surface area contributed by atoms with Crippen molar-refractivity contribution in [3.8, 4) is 5.75 Å². The lowest BCUT2D eigenvalue weighted by atomic mass is 9.77. The van der Waals surface area contributed by atoms with Crippen molar-refractivity contribution in [1.29, 1.82) is 0 Å². The maximum absolute atomic E-state index is 14.5. The lowest BCUT2D eigenvalue weighted by molar-refractivity contribution is -0.151. The van der Waals surface area contributed by atoms with Gasteiger partial charge in [-0.25, -0.2) is 0 Å². The summed E-state index contributed by atoms with van der Waals surface area (Å²) in [6.45, 7) is 9.59. The van der Waals surface area contributed by atoms with Crippen LogP contribution < -0.4 is 9.64 Å². The average Bonchev–Trinajstić information content (AvgIpc) is 3.29. The molecular formula is C32H43N3O6. The van der Waals surface area contributed by atoms with E-state index in [1.807, 2.05) is 69.3 Å². The molecule has 0 aromatic heterocycles. The van der Waals surface area contributed by atoms with Gasteiger partial charge in [-0.05, 0) is 43.5 Å². The number of hydrogen-bond acceptors (Lipinski definition) is 6. The van der Waals surface area contributed by atoms with E-state index in [9.17, 15) is 19.5 Å². The zero-order valence-electron chi connectivity index (χ0n) is 24.6. The standard InChI is InChI=1S/C32H43N3O6/c1-5-8-17-33-18-10-16-32-27(30(38)35(28(32)31(33)39)24(20-36)21(4)6-2)26-25(41-32)11-9-19-34(29(26)37)22-12-14-23(15-13-22)40-7-3/h9-16,21,24-28,36H,5-8,17-20H2,1-4H3/t21-,24-,25+,26-,27-,28?,32-/m0/s1. The first kappa shape index (κ1) is 29.3. The fourth-order valence-electron chi connectivity index (χ4n) is 6.97. The molecule has 9 heteroatoms. The van der Waals surface area contributed by atoms with Crippen LogP contribution in [0.3, 0.4) is 0 Å². The van der Waals surface area contributed by atoms with E-state index in [1.54, 1.807) is 14.7 Å². The second-order valence-electron chi connectivity index (χ2n) is 11.6. The van der Waals surface area contributed by atoms with Crippen LogP contribution in [0.25, 0.3) is 0 Å². The minimum Gasteiger partial charge on any atom is -0.494 e. The van der Waals surface area contributed by atoms with Gasteiger partial charge in [0.05, 0.1) is 37.2 Å². The predicted molar refractivity (Wildman–Crippen MR) is 155 cm³/mol. The van der Waals surface area contributed by atoms with Gasteiger partial charge in [-0.1, -0.05) is 57.9 Å². The maximum Gasteiger partial charge on any atom is 0.249 e. The van der Waals surface area contributed by atoms with Gasteiger partial charge in [0.25, 0.3) is 0 Å². The molecule has 7 atom stereocenters. The first-order valence-electron chi connectivity index (χ1n) is 15.1. The molecule has 4 heterocycles. The van der Waals surface area contributed by atoms with Crippen LogP contribution in [0.15, 0.2) is 48.6 Å². The van der Waals surface area contributed by atoms with Crippen molar-refractivity contribution in [2.24, 2.45) is 17.8 Å². The Morgan fingerprint density at radius 2 is 1.80 bits per heavy atom. The van der Waals surface area contributed by atoms with E-state index in [-0.39, 0.29) is 30.2 Å². The Morgan fingerprint density at radius 1 is 1.05 bits per heavy atom. The van der Waals surface area contributed by atoms with Crippen LogP contribution in [0.4, 0.5) is 5.69 Å². The Kier molecular flexibility index (Phi) is 8.57. The summed E-state index contributed by atoms with van der Waals surface area (Å²) in [4.78, 5) is 48.2. The number of rotatable bonds is 10. The van der Waals surface area contributed by atoms with Crippen molar-refractivity contribution in [1.82, 2.24) is 9.80 Å². The average molecular weight is 566 g/mol. The fourth-order valence-corrected chi connectivity index (χ4v) is 6.97. The lowest BCUT2D eigenvalue weighted by Crippen LogP contribution is -2.59. The highest BCUT2D eigenvalue weighted by Gasteiger charge is 2.72. The molecule has 222 valence electrons. The van der Waals surface area contributed by atoms with Crippen LogP contribution in [-0.2, 0) is 19.1 Å². The molecule has 5 rings (SSSR count). The van der Waals surface area contributed by atoms with Gasteiger partial charge in [0.15, 0.2) is 0 Å². The summed E-state index contributed by atoms with van der Waals surface area (Å²) >= 11 is 0. The van der Waals surface area contributed by atoms with Crippen LogP contribution in [0.5, 0.6) is 5.75 Å². The molecule has 41 heavy (non-hydrogen) atoms. The van der Waals surface area contributed by atoms with Gasteiger partial charge < -0.3 is 29.3 Å². The Morgan fingerprint density at radius 3 is 2.46 bits per heavy atom. The van der Waals surface area contributed by atoms with E-state index in [2.05, 4.69) is 6.92 Å². The summed E-state index contributed by atoms with van der Waals surface area (Å²) in [6, 6.07) is 5.84. The molecule has 0 radical (unpaired) electrons. The number of hydrogen-bond donors (Lipinski definition) is 1. The Labute approximate surface area is 242 Å². The number of amides is 3. The largest absolute Gasteiger partial charge is 0.494 e. The molecule has 0 aliphatic carbocycles. The van der Waals surface area contributed by atoms with Crippen LogP contribution >= 0.6 is 0 Å². The van der Waals surface area contributed by atoms with Crippen LogP contribution in [0, 0.1) is 17.8 Å². The van der Waals surface area contributed by atoms with Crippen molar-refractivity contribution in [3.63, 3.8) is 0 Å². The Hall–Kier alpha value is -3.17. The number of likely N-dealkylation sites (tertiary alicyclic amines) is 1. The van der Waals surface area contributed by atoms with Gasteiger partial charge in [-0.3, -0.25) is 14.4 Å². The number of aliphatic hydroxyl groups excluding tert-OH is 1. The first-order valence-corrected chi connectivity index (χ1v) is 15.1. The third-order valence-electron chi connectivity index (χ3n) is 9.27. The van der Waals surface area contributed by atoms with E-state index in [4.69, 9.17) is 9.47 Å². The molecule has 0 saturated carbocycles. The number of benzene rings is 1. The summed E-state index contributed by atoms with van der Waals surface area (Å²) in [5.74, 6) is -1.72. The SMILES string of the molecule is CCCCN1CC=C[C@]23O[C@@H]4C=CCN(c5ccc(OCC)cc5)C(=O)[C@@H]4[C@H]2C(=O)N([C@@H](CO)[C@@H](C)CC)C3C1=O. The minimum absolute atomic E-state index is 0.0511. The third kappa shape index (κ3) is 4.87. The molecule has 4 aliphatic rings. The summed E-state index contributed by atoms with van der Waals surface area (Å²) < 4.78 is 12.3. The van der Waals surface area contributed by atoms with Gasteiger partial charge in [0, 0.05) is 25.3 Å². The van der Waals surface area contributed by atoms with Crippen molar-refractivity contribution in [3.05, 3.63) is 48.6 Å². The second-order valence-corrected chi connectivity index (χ2v) is 11.6. The topological polar surface area (TPSA) is 99.6 Å². The third-order valence-corrected chi connectivity index (χ3v) is 9.27. The number of nitrogens with zero attached hydrogens (tertiary/aromatic N) is 3. The number of unbranched alkanes of at least 4 members (excludes halogenated alkanes) is 1. The smallest absolute Gasteiger partial charge is 0.249 e. The molecule has 1 N–H and O–H groups in total. The fraction of sp³-hybridized carbons (Fsp3) is 0.594. The molecular weight excluding hydrogens is 522 g/mol. The zero-order valence-corrected chi connectivity index (χ0v) is 24.6. The van der Waals surface area contributed by atoms with Crippen molar-refractivity contribution < 1.29 is 29.0 Å². The van der Waals surface area contributed by atoms with Crippen LogP contribution in [0.2, 0.25) is 0 Å². The van der Waals surface area contributed by atoms with E-state index in [0.717, 1.165) is 25.0 Å². The lowest BCUT2D eigenvalue weighted by Gasteiger charge is -2.40. The quantitative estimate of drug-likeness (QED) is 0.438. The van der Waals surface area contributed by atoms with E-state index >= 15 is 0 Å². The van der Waals surface area contributed by atoms with E-state index in [0.29, 0.717) is 31.9 Å². The van der Waals surface area contributed by atoms with Crippen molar-refractivity contribution >= 4 is 23.4 Å². The molecule has 4 aliphatic heterocycles. The van der Waals surface area contributed by atoms with Gasteiger partial charge in [0.2, 0.25) is 17.7 Å². The molecule has 1 aromatic rings. The molecule has 1 aromatic carbocycles. The predicted octanol–water partition coefficient (Wildman–Crippen LogP) is 3.17. The highest BCUT2D eigenvalue weighted by atomic mass is 16.5. The summed E-state index contributed by atoms with van der Waals surface area (Å²) in [6.07, 6.45) is 9.41. The number of aliphatic hydroxyl groups is 1. The normalized spacial score (nSPS) is 30.6. The van der Waals surface area contributed by atoms with Crippen molar-refractivity contribution in [2.75, 3.05) is 37.7 Å². The van der Waals surface area contributed by atoms with Gasteiger partial charge >= 0.3 is 0 Å². The molecule has 9 nitrogen and oxygen atoms in total. The first-order chi connectivity index (χ1) is 19.8. The Bertz CT molecular complexity index is 1200. The number of fused-ring (bicyclic) bond motifs is 2. The molecule has 2 saturated heterocycles. The molecule has 1 unspecified atom stereocenters. The minimum atomic E-state index is -1.30. The number of anilines is 1. The van der Waals surface area contributed by atoms with Crippen molar-refractivity contribution in [2.45, 2.75) is 70.7 Å². The highest BCUT2D eigenvalue weighted by Crippen LogP contribution is 2.54. The van der Waals surface area contributed by atoms with E-state index < -0.39 is 35.6 Å². The molecule has 3 amide bonds. The highest BCUT2D eigenvalue weighted by molar-refractivity contribution is 6.04. The summed E-state index contributed by atoms with van der Waals surface area (Å²) in [5, 5.41) is 10.5. The summed E-state index contributed by atoms with van der Waals surface area (Å²) in [7, 11) is 0. The van der Waals surface area contributed by atoms with Crippen LogP contribution in [0.1, 0.15) is 47.0 Å². The zero-order chi connectivity index (χ0) is 29.3. The van der Waals surface area contributed by atoms with Crippen LogP contribution in [-0.4, -0.2) is 89.3 Å². The number of carbonyl (C=O) groups is 3. The second kappa shape index (κ2) is 12.0. The van der Waals surface area contributed by atoms with E-state index in [1.165, 1.54) is 0 Å². The van der Waals surface area contributed by atoms with Gasteiger partial charge in [0.1, 0.15) is 17.4 Å². The molecule has 1 spiro atoms. The van der Waals surface area contributed by atoms with Gasteiger partial charge in [-0.2, -0.15) is 0 Å². The summed E-state index contributed by atoms with van der Waals surface area (Å²) in [5.41, 5.74) is -0.595. The Balaban J connectivity index is 1.57. The molecule has 0 bridgehead atoms. The molecule has 2 fully saturated rings. The number of carbonyl (C=O) groups excluding carboxylic acids is 3.